The van der Waals surface area contributed by atoms with Gasteiger partial charge < -0.3 is 19.8 Å². The quantitative estimate of drug-likeness (QED) is 0.340. The Kier molecular flexibility index (Phi) is 7.28. The second kappa shape index (κ2) is 10.7. The normalized spacial score (nSPS) is 10.6. The van der Waals surface area contributed by atoms with Gasteiger partial charge in [0.25, 0.3) is 5.91 Å². The molecule has 0 atom stereocenters. The molecule has 0 aliphatic heterocycles. The number of furan rings is 1. The molecule has 0 bridgehead atoms. The molecule has 2 heterocycles. The van der Waals surface area contributed by atoms with Crippen LogP contribution >= 0.6 is 11.8 Å². The molecule has 0 spiro atoms. The average Bonchev–Trinajstić information content (AvgIpc) is 3.53. The number of hydrogen-bond donors (Lipinski definition) is 2. The molecule has 0 fully saturated rings. The van der Waals surface area contributed by atoms with Gasteiger partial charge >= 0.3 is 0 Å². The zero-order valence-electron chi connectivity index (χ0n) is 18.6. The van der Waals surface area contributed by atoms with Crippen LogP contribution in [0.25, 0.3) is 11.6 Å². The number of amides is 2. The van der Waals surface area contributed by atoms with E-state index in [-0.39, 0.29) is 17.6 Å². The van der Waals surface area contributed by atoms with E-state index in [0.29, 0.717) is 46.0 Å². The molecule has 0 radical (unpaired) electrons. The highest BCUT2D eigenvalue weighted by Crippen LogP contribution is 2.24. The minimum atomic E-state index is -0.245. The lowest BCUT2D eigenvalue weighted by Gasteiger charge is -2.09. The van der Waals surface area contributed by atoms with Crippen molar-refractivity contribution in [2.45, 2.75) is 18.6 Å². The van der Waals surface area contributed by atoms with Gasteiger partial charge in [0.05, 0.1) is 19.1 Å². The average molecular weight is 478 g/mol. The summed E-state index contributed by atoms with van der Waals surface area (Å²) in [6, 6.07) is 17.4. The van der Waals surface area contributed by atoms with Crippen LogP contribution in [0.5, 0.6) is 5.75 Å². The van der Waals surface area contributed by atoms with Crippen LogP contribution in [-0.2, 0) is 11.3 Å². The summed E-state index contributed by atoms with van der Waals surface area (Å²) in [4.78, 5) is 24.9. The molecule has 4 rings (SSSR count). The van der Waals surface area contributed by atoms with Crippen molar-refractivity contribution >= 4 is 35.0 Å². The first-order valence-corrected chi connectivity index (χ1v) is 11.5. The Balaban J connectivity index is 1.31. The first kappa shape index (κ1) is 23.1. The van der Waals surface area contributed by atoms with Crippen molar-refractivity contribution in [1.29, 1.82) is 0 Å². The lowest BCUT2D eigenvalue weighted by atomic mass is 10.2. The lowest BCUT2D eigenvalue weighted by molar-refractivity contribution is -0.113. The molecule has 0 aliphatic rings. The second-order valence-corrected chi connectivity index (χ2v) is 8.07. The Hall–Kier alpha value is -4.05. The summed E-state index contributed by atoms with van der Waals surface area (Å²) < 4.78 is 12.4. The van der Waals surface area contributed by atoms with Gasteiger partial charge in [-0.15, -0.1) is 10.2 Å². The summed E-state index contributed by atoms with van der Waals surface area (Å²) in [5, 5.41) is 14.6. The maximum atomic E-state index is 12.5. The summed E-state index contributed by atoms with van der Waals surface area (Å²) >= 11 is 1.29. The van der Waals surface area contributed by atoms with E-state index in [0.717, 1.165) is 0 Å². The zero-order valence-corrected chi connectivity index (χ0v) is 19.5. The SMILES string of the molecule is CCn1c(SCC(=O)Nc2ccc(C(=O)Nc3ccc(OC)cc3)cc2)nnc1-c1ccco1. The molecule has 2 N–H and O–H groups in total. The number of rotatable bonds is 9. The molecule has 0 saturated carbocycles. The molecular formula is C24H23N5O4S. The van der Waals surface area contributed by atoms with E-state index in [4.69, 9.17) is 9.15 Å². The van der Waals surface area contributed by atoms with Crippen molar-refractivity contribution in [3.63, 3.8) is 0 Å². The number of methoxy groups -OCH3 is 1. The molecule has 2 aromatic heterocycles. The van der Waals surface area contributed by atoms with Gasteiger partial charge in [-0.25, -0.2) is 0 Å². The molecule has 0 saturated heterocycles. The third kappa shape index (κ3) is 5.46. The van der Waals surface area contributed by atoms with Gasteiger partial charge in [-0.05, 0) is 67.6 Å². The molecule has 34 heavy (non-hydrogen) atoms. The van der Waals surface area contributed by atoms with Crippen LogP contribution in [0, 0.1) is 0 Å². The molecular weight excluding hydrogens is 454 g/mol. The topological polar surface area (TPSA) is 111 Å². The molecule has 0 unspecified atom stereocenters. The van der Waals surface area contributed by atoms with E-state index in [9.17, 15) is 9.59 Å². The monoisotopic (exact) mass is 477 g/mol. The predicted octanol–water partition coefficient (Wildman–Crippen LogP) is 4.55. The standard InChI is InChI=1S/C24H23N5O4S/c1-3-29-22(20-5-4-14-33-20)27-28-24(29)34-15-21(30)25-17-8-6-16(7-9-17)23(31)26-18-10-12-19(32-2)13-11-18/h4-14H,3,15H2,1-2H3,(H,25,30)(H,26,31). The van der Waals surface area contributed by atoms with Crippen molar-refractivity contribution in [2.24, 2.45) is 0 Å². The van der Waals surface area contributed by atoms with Gasteiger partial charge in [0.15, 0.2) is 16.7 Å². The summed E-state index contributed by atoms with van der Waals surface area (Å²) in [6.07, 6.45) is 1.58. The molecule has 0 aliphatic carbocycles. The Morgan fingerprint density at radius 1 is 1.00 bits per heavy atom. The van der Waals surface area contributed by atoms with E-state index in [1.54, 1.807) is 68.0 Å². The van der Waals surface area contributed by atoms with Crippen molar-refractivity contribution in [1.82, 2.24) is 14.8 Å². The third-order valence-electron chi connectivity index (χ3n) is 4.89. The molecule has 10 heteroatoms. The van der Waals surface area contributed by atoms with E-state index in [2.05, 4.69) is 20.8 Å². The fourth-order valence-corrected chi connectivity index (χ4v) is 3.98. The van der Waals surface area contributed by atoms with E-state index < -0.39 is 0 Å². The number of aromatic nitrogens is 3. The van der Waals surface area contributed by atoms with Crippen LogP contribution < -0.4 is 15.4 Å². The fraction of sp³-hybridized carbons (Fsp3) is 0.167. The molecule has 9 nitrogen and oxygen atoms in total. The molecule has 2 aromatic carbocycles. The van der Waals surface area contributed by atoms with Crippen molar-refractivity contribution in [3.8, 4) is 17.3 Å². The molecule has 4 aromatic rings. The van der Waals surface area contributed by atoms with E-state index >= 15 is 0 Å². The van der Waals surface area contributed by atoms with E-state index in [1.807, 2.05) is 17.6 Å². The summed E-state index contributed by atoms with van der Waals surface area (Å²) in [5.74, 6) is 1.69. The summed E-state index contributed by atoms with van der Waals surface area (Å²) in [5.41, 5.74) is 1.74. The van der Waals surface area contributed by atoms with E-state index in [1.165, 1.54) is 11.8 Å². The number of benzene rings is 2. The van der Waals surface area contributed by atoms with Gasteiger partial charge in [-0.3, -0.25) is 14.2 Å². The zero-order chi connectivity index (χ0) is 23.9. The Morgan fingerprint density at radius 3 is 2.35 bits per heavy atom. The first-order chi connectivity index (χ1) is 16.6. The number of nitrogens with one attached hydrogen (secondary N) is 2. The molecule has 2 amide bonds. The Bertz CT molecular complexity index is 1250. The summed E-state index contributed by atoms with van der Waals surface area (Å²) in [6.45, 7) is 2.62. The van der Waals surface area contributed by atoms with Crippen LogP contribution in [0.15, 0.2) is 76.5 Å². The van der Waals surface area contributed by atoms with Crippen molar-refractivity contribution < 1.29 is 18.7 Å². The number of anilines is 2. The minimum Gasteiger partial charge on any atom is -0.497 e. The highest BCUT2D eigenvalue weighted by molar-refractivity contribution is 7.99. The van der Waals surface area contributed by atoms with Crippen LogP contribution in [0.3, 0.4) is 0 Å². The second-order valence-electron chi connectivity index (χ2n) is 7.12. The predicted molar refractivity (Wildman–Crippen MR) is 130 cm³/mol. The largest absolute Gasteiger partial charge is 0.497 e. The minimum absolute atomic E-state index is 0.163. The number of ether oxygens (including phenoxy) is 1. The number of carbonyl (C=O) groups is 2. The van der Waals surface area contributed by atoms with Crippen LogP contribution in [0.4, 0.5) is 11.4 Å². The van der Waals surface area contributed by atoms with Crippen LogP contribution in [0.2, 0.25) is 0 Å². The van der Waals surface area contributed by atoms with Crippen LogP contribution in [0.1, 0.15) is 17.3 Å². The van der Waals surface area contributed by atoms with Gasteiger partial charge in [-0.2, -0.15) is 0 Å². The van der Waals surface area contributed by atoms with Gasteiger partial charge in [0, 0.05) is 23.5 Å². The van der Waals surface area contributed by atoms with Gasteiger partial charge in [-0.1, -0.05) is 11.8 Å². The number of nitrogens with zero attached hydrogens (tertiary/aromatic N) is 3. The van der Waals surface area contributed by atoms with Crippen molar-refractivity contribution in [2.75, 3.05) is 23.5 Å². The summed E-state index contributed by atoms with van der Waals surface area (Å²) in [7, 11) is 1.59. The maximum Gasteiger partial charge on any atom is 0.255 e. The number of thioether (sulfide) groups is 1. The molecule has 174 valence electrons. The van der Waals surface area contributed by atoms with Crippen LogP contribution in [-0.4, -0.2) is 39.4 Å². The first-order valence-electron chi connectivity index (χ1n) is 10.5. The fourth-order valence-electron chi connectivity index (χ4n) is 3.18. The van der Waals surface area contributed by atoms with Crippen molar-refractivity contribution in [3.05, 3.63) is 72.5 Å². The lowest BCUT2D eigenvalue weighted by Crippen LogP contribution is -2.15. The highest BCUT2D eigenvalue weighted by atomic mass is 32.2. The smallest absolute Gasteiger partial charge is 0.255 e. The Morgan fingerprint density at radius 2 is 1.71 bits per heavy atom. The van der Waals surface area contributed by atoms with Gasteiger partial charge in [0.2, 0.25) is 5.91 Å². The highest BCUT2D eigenvalue weighted by Gasteiger charge is 2.16. The van der Waals surface area contributed by atoms with Gasteiger partial charge in [0.1, 0.15) is 5.75 Å². The number of hydrogen-bond acceptors (Lipinski definition) is 7. The maximum absolute atomic E-state index is 12.5. The Labute approximate surface area is 200 Å². The number of carbonyl (C=O) groups excluding carboxylic acids is 2. The third-order valence-corrected chi connectivity index (χ3v) is 5.85.